The van der Waals surface area contributed by atoms with Gasteiger partial charge in [-0.1, -0.05) is 41.6 Å². The molecular formula is C18H18N2O3. The van der Waals surface area contributed by atoms with Crippen LogP contribution in [0.3, 0.4) is 0 Å². The second-order valence-electron chi connectivity index (χ2n) is 5.57. The molecular weight excluding hydrogens is 292 g/mol. The Labute approximate surface area is 134 Å². The first-order valence-electron chi connectivity index (χ1n) is 7.65. The van der Waals surface area contributed by atoms with Crippen LogP contribution in [0.2, 0.25) is 0 Å². The molecule has 0 bridgehead atoms. The molecule has 118 valence electrons. The Morgan fingerprint density at radius 2 is 1.74 bits per heavy atom. The predicted molar refractivity (Wildman–Crippen MR) is 88.3 cm³/mol. The predicted octanol–water partition coefficient (Wildman–Crippen LogP) is 2.99. The van der Waals surface area contributed by atoms with Crippen LogP contribution in [0.5, 0.6) is 0 Å². The second kappa shape index (κ2) is 6.60. The number of oxime groups is 1. The van der Waals surface area contributed by atoms with E-state index in [9.17, 15) is 9.59 Å². The molecule has 23 heavy (non-hydrogen) atoms. The van der Waals surface area contributed by atoms with E-state index in [1.807, 2.05) is 36.4 Å². The number of carbonyl (C=O) groups excluding carboxylic acids is 2. The summed E-state index contributed by atoms with van der Waals surface area (Å²) in [6.07, 6.45) is 1.28. The largest absolute Gasteiger partial charge is 0.366 e. The van der Waals surface area contributed by atoms with Crippen LogP contribution in [-0.2, 0) is 9.63 Å². The lowest BCUT2D eigenvalue weighted by molar-refractivity contribution is -0.128. The minimum atomic E-state index is -0.455. The number of nitrogens with zero attached hydrogens (tertiary/aromatic N) is 2. The number of fused-ring (bicyclic) bond motifs is 1. The average Bonchev–Trinajstić information content (AvgIpc) is 2.59. The second-order valence-corrected chi connectivity index (χ2v) is 5.57. The molecule has 1 saturated heterocycles. The number of piperidine rings is 1. The van der Waals surface area contributed by atoms with Crippen molar-refractivity contribution in [2.24, 2.45) is 5.16 Å². The van der Waals surface area contributed by atoms with Crippen molar-refractivity contribution in [3.8, 4) is 0 Å². The Bertz CT molecular complexity index is 767. The molecule has 0 aromatic heterocycles. The van der Waals surface area contributed by atoms with Gasteiger partial charge in [0.2, 0.25) is 5.91 Å². The molecule has 1 fully saturated rings. The number of rotatable bonds is 2. The maximum absolute atomic E-state index is 12.3. The summed E-state index contributed by atoms with van der Waals surface area (Å²) in [6.45, 7) is 2.81. The van der Waals surface area contributed by atoms with Gasteiger partial charge in [0.25, 0.3) is 0 Å². The fraction of sp³-hybridized carbons (Fsp3) is 0.278. The number of hydrogen-bond acceptors (Lipinski definition) is 4. The molecule has 0 unspecified atom stereocenters. The third kappa shape index (κ3) is 3.39. The lowest BCUT2D eigenvalue weighted by atomic mass is 10.1. The van der Waals surface area contributed by atoms with Crippen molar-refractivity contribution < 1.29 is 14.4 Å². The van der Waals surface area contributed by atoms with E-state index in [1.54, 1.807) is 17.9 Å². The molecule has 5 nitrogen and oxygen atoms in total. The lowest BCUT2D eigenvalue weighted by Gasteiger charge is -2.25. The molecule has 1 heterocycles. The van der Waals surface area contributed by atoms with Gasteiger partial charge in [-0.2, -0.15) is 0 Å². The summed E-state index contributed by atoms with van der Waals surface area (Å²) in [5, 5.41) is 5.83. The van der Waals surface area contributed by atoms with Crippen molar-refractivity contribution in [3.63, 3.8) is 0 Å². The van der Waals surface area contributed by atoms with Crippen molar-refractivity contribution in [2.75, 3.05) is 13.1 Å². The molecule has 2 aromatic carbocycles. The third-order valence-electron chi connectivity index (χ3n) is 4.05. The first-order valence-corrected chi connectivity index (χ1v) is 7.65. The Morgan fingerprint density at radius 1 is 1.04 bits per heavy atom. The minimum absolute atomic E-state index is 0.0665. The quantitative estimate of drug-likeness (QED) is 0.633. The van der Waals surface area contributed by atoms with E-state index >= 15 is 0 Å². The van der Waals surface area contributed by atoms with Gasteiger partial charge < -0.3 is 9.74 Å². The van der Waals surface area contributed by atoms with Crippen LogP contribution in [-0.4, -0.2) is 35.6 Å². The third-order valence-corrected chi connectivity index (χ3v) is 4.05. The summed E-state index contributed by atoms with van der Waals surface area (Å²) >= 11 is 0. The molecule has 0 aliphatic carbocycles. The van der Waals surface area contributed by atoms with Crippen molar-refractivity contribution in [1.29, 1.82) is 0 Å². The van der Waals surface area contributed by atoms with E-state index in [1.165, 1.54) is 0 Å². The monoisotopic (exact) mass is 310 g/mol. The normalized spacial score (nSPS) is 14.7. The lowest BCUT2D eigenvalue weighted by Crippen LogP contribution is -2.37. The summed E-state index contributed by atoms with van der Waals surface area (Å²) in [6, 6.07) is 13.2. The maximum atomic E-state index is 12.3. The van der Waals surface area contributed by atoms with Gasteiger partial charge in [-0.05, 0) is 16.8 Å². The first-order chi connectivity index (χ1) is 11.1. The van der Waals surface area contributed by atoms with Gasteiger partial charge in [0.15, 0.2) is 0 Å². The van der Waals surface area contributed by atoms with Crippen molar-refractivity contribution in [3.05, 3.63) is 48.0 Å². The number of amides is 1. The summed E-state index contributed by atoms with van der Waals surface area (Å²) in [5.41, 5.74) is 1.32. The van der Waals surface area contributed by atoms with Gasteiger partial charge in [0.05, 0.1) is 11.3 Å². The van der Waals surface area contributed by atoms with Crippen molar-refractivity contribution in [2.45, 2.75) is 19.8 Å². The molecule has 5 heteroatoms. The summed E-state index contributed by atoms with van der Waals surface area (Å²) in [7, 11) is 0. The van der Waals surface area contributed by atoms with Gasteiger partial charge >= 0.3 is 5.97 Å². The molecule has 2 aromatic rings. The van der Waals surface area contributed by atoms with E-state index in [2.05, 4.69) is 5.16 Å². The van der Waals surface area contributed by atoms with Gasteiger partial charge in [-0.3, -0.25) is 4.79 Å². The fourth-order valence-electron chi connectivity index (χ4n) is 2.73. The van der Waals surface area contributed by atoms with Crippen molar-refractivity contribution in [1.82, 2.24) is 4.90 Å². The molecule has 0 N–H and O–H groups in total. The summed E-state index contributed by atoms with van der Waals surface area (Å²) < 4.78 is 0. The van der Waals surface area contributed by atoms with Crippen LogP contribution in [0, 0.1) is 0 Å². The van der Waals surface area contributed by atoms with E-state index in [-0.39, 0.29) is 5.91 Å². The number of likely N-dealkylation sites (tertiary alicyclic amines) is 1. The van der Waals surface area contributed by atoms with Crippen LogP contribution < -0.4 is 0 Å². The highest BCUT2D eigenvalue weighted by Gasteiger charge is 2.18. The number of carbonyl (C=O) groups is 2. The smallest absolute Gasteiger partial charge is 0.342 e. The summed E-state index contributed by atoms with van der Waals surface area (Å²) in [5.74, 6) is -0.389. The van der Waals surface area contributed by atoms with Gasteiger partial charge in [0.1, 0.15) is 0 Å². The maximum Gasteiger partial charge on any atom is 0.366 e. The molecule has 3 rings (SSSR count). The Balaban J connectivity index is 1.70. The summed E-state index contributed by atoms with van der Waals surface area (Å²) in [4.78, 5) is 30.4. The van der Waals surface area contributed by atoms with Crippen LogP contribution in [0.15, 0.2) is 47.6 Å². The standard InChI is InChI=1S/C18H18N2O3/c1-13(21)20-11-9-15(10-12-20)19-23-18(22)17-8-4-6-14-5-2-3-7-16(14)17/h2-8H,9-12H2,1H3. The number of benzene rings is 2. The Kier molecular flexibility index (Phi) is 4.37. The van der Waals surface area contributed by atoms with Gasteiger partial charge in [-0.15, -0.1) is 0 Å². The minimum Gasteiger partial charge on any atom is -0.342 e. The van der Waals surface area contributed by atoms with E-state index in [4.69, 9.17) is 4.84 Å². The Morgan fingerprint density at radius 3 is 2.48 bits per heavy atom. The molecule has 0 spiro atoms. The van der Waals surface area contributed by atoms with Crippen LogP contribution in [0.4, 0.5) is 0 Å². The van der Waals surface area contributed by atoms with Crippen LogP contribution in [0.1, 0.15) is 30.1 Å². The zero-order chi connectivity index (χ0) is 16.2. The first kappa shape index (κ1) is 15.2. The highest BCUT2D eigenvalue weighted by atomic mass is 16.7. The fourth-order valence-corrected chi connectivity index (χ4v) is 2.73. The van der Waals surface area contributed by atoms with E-state index in [0.717, 1.165) is 16.5 Å². The molecule has 0 saturated carbocycles. The van der Waals surface area contributed by atoms with Crippen LogP contribution in [0.25, 0.3) is 10.8 Å². The highest BCUT2D eigenvalue weighted by molar-refractivity contribution is 6.04. The zero-order valence-corrected chi connectivity index (χ0v) is 13.0. The van der Waals surface area contributed by atoms with E-state index in [0.29, 0.717) is 31.5 Å². The van der Waals surface area contributed by atoms with Gasteiger partial charge in [-0.25, -0.2) is 4.79 Å². The average molecular weight is 310 g/mol. The van der Waals surface area contributed by atoms with Gasteiger partial charge in [0, 0.05) is 32.9 Å². The topological polar surface area (TPSA) is 59.0 Å². The molecule has 0 radical (unpaired) electrons. The zero-order valence-electron chi connectivity index (χ0n) is 13.0. The van der Waals surface area contributed by atoms with Crippen molar-refractivity contribution >= 4 is 28.4 Å². The van der Waals surface area contributed by atoms with Crippen LogP contribution >= 0.6 is 0 Å². The molecule has 1 aliphatic rings. The van der Waals surface area contributed by atoms with E-state index < -0.39 is 5.97 Å². The molecule has 0 atom stereocenters. The molecule has 1 amide bonds. The molecule has 1 aliphatic heterocycles. The SMILES string of the molecule is CC(=O)N1CCC(=NOC(=O)c2cccc3ccccc23)CC1. The number of hydrogen-bond donors (Lipinski definition) is 0. The highest BCUT2D eigenvalue weighted by Crippen LogP contribution is 2.19. The Hall–Kier alpha value is -2.69.